The molecule has 2 rings (SSSR count). The SMILES string of the molecule is CCOc1cc(-c2ccccc2)sc1C(=O)NCCCNC. The smallest absolute Gasteiger partial charge is 0.265 e. The molecule has 0 saturated carbocycles. The summed E-state index contributed by atoms with van der Waals surface area (Å²) in [6.07, 6.45) is 0.906. The summed E-state index contributed by atoms with van der Waals surface area (Å²) in [6, 6.07) is 12.0. The van der Waals surface area contributed by atoms with E-state index in [0.29, 0.717) is 23.8 Å². The van der Waals surface area contributed by atoms with E-state index in [1.165, 1.54) is 11.3 Å². The van der Waals surface area contributed by atoms with Gasteiger partial charge in [-0.3, -0.25) is 4.79 Å². The van der Waals surface area contributed by atoms with Crippen LogP contribution in [0, 0.1) is 0 Å². The van der Waals surface area contributed by atoms with E-state index in [0.717, 1.165) is 23.4 Å². The summed E-state index contributed by atoms with van der Waals surface area (Å²) in [5, 5.41) is 6.01. The zero-order valence-corrected chi connectivity index (χ0v) is 13.8. The number of hydrogen-bond acceptors (Lipinski definition) is 4. The Morgan fingerprint density at radius 2 is 2.00 bits per heavy atom. The fourth-order valence-corrected chi connectivity index (χ4v) is 3.11. The van der Waals surface area contributed by atoms with Crippen molar-refractivity contribution >= 4 is 17.2 Å². The van der Waals surface area contributed by atoms with Crippen LogP contribution >= 0.6 is 11.3 Å². The van der Waals surface area contributed by atoms with Gasteiger partial charge in [-0.05, 0) is 38.6 Å². The van der Waals surface area contributed by atoms with Crippen molar-refractivity contribution in [3.63, 3.8) is 0 Å². The molecule has 1 aromatic heterocycles. The van der Waals surface area contributed by atoms with Gasteiger partial charge in [0.05, 0.1) is 6.61 Å². The molecule has 1 amide bonds. The first-order valence-electron chi connectivity index (χ1n) is 7.51. The van der Waals surface area contributed by atoms with Gasteiger partial charge >= 0.3 is 0 Å². The van der Waals surface area contributed by atoms with Gasteiger partial charge in [0, 0.05) is 11.4 Å². The number of benzene rings is 1. The van der Waals surface area contributed by atoms with E-state index in [1.807, 2.05) is 50.4 Å². The van der Waals surface area contributed by atoms with Gasteiger partial charge in [-0.1, -0.05) is 30.3 Å². The summed E-state index contributed by atoms with van der Waals surface area (Å²) in [7, 11) is 1.90. The number of carbonyl (C=O) groups is 1. The maximum absolute atomic E-state index is 12.3. The molecule has 0 aliphatic carbocycles. The third-order valence-corrected chi connectivity index (χ3v) is 4.32. The van der Waals surface area contributed by atoms with Crippen LogP contribution in [-0.4, -0.2) is 32.7 Å². The molecule has 1 aromatic carbocycles. The third-order valence-electron chi connectivity index (χ3n) is 3.15. The Morgan fingerprint density at radius 3 is 2.68 bits per heavy atom. The summed E-state index contributed by atoms with van der Waals surface area (Å²) in [6.45, 7) is 4.02. The van der Waals surface area contributed by atoms with Crippen LogP contribution in [0.1, 0.15) is 23.0 Å². The van der Waals surface area contributed by atoms with Gasteiger partial charge in [0.1, 0.15) is 10.6 Å². The van der Waals surface area contributed by atoms with Crippen LogP contribution in [0.4, 0.5) is 0 Å². The van der Waals surface area contributed by atoms with Crippen molar-refractivity contribution in [3.05, 3.63) is 41.3 Å². The molecule has 0 unspecified atom stereocenters. The molecule has 2 N–H and O–H groups in total. The first-order valence-corrected chi connectivity index (χ1v) is 8.32. The van der Waals surface area contributed by atoms with Crippen LogP contribution < -0.4 is 15.4 Å². The van der Waals surface area contributed by atoms with Gasteiger partial charge in [0.25, 0.3) is 5.91 Å². The average molecular weight is 318 g/mol. The fraction of sp³-hybridized carbons (Fsp3) is 0.353. The molecular weight excluding hydrogens is 296 g/mol. The summed E-state index contributed by atoms with van der Waals surface area (Å²) >= 11 is 1.47. The van der Waals surface area contributed by atoms with E-state index in [4.69, 9.17) is 4.74 Å². The number of ether oxygens (including phenoxy) is 1. The lowest BCUT2D eigenvalue weighted by Gasteiger charge is -2.06. The number of carbonyl (C=O) groups excluding carboxylic acids is 1. The summed E-state index contributed by atoms with van der Waals surface area (Å²) < 4.78 is 5.62. The molecule has 0 fully saturated rings. The number of rotatable bonds is 8. The van der Waals surface area contributed by atoms with E-state index >= 15 is 0 Å². The molecule has 2 aromatic rings. The van der Waals surface area contributed by atoms with E-state index in [2.05, 4.69) is 10.6 Å². The second-order valence-electron chi connectivity index (χ2n) is 4.82. The third kappa shape index (κ3) is 4.32. The Kier molecular flexibility index (Phi) is 6.43. The highest BCUT2D eigenvalue weighted by Crippen LogP contribution is 2.36. The lowest BCUT2D eigenvalue weighted by atomic mass is 10.2. The Hall–Kier alpha value is -1.85. The highest BCUT2D eigenvalue weighted by molar-refractivity contribution is 7.17. The molecule has 118 valence electrons. The van der Waals surface area contributed by atoms with Crippen molar-refractivity contribution in [2.45, 2.75) is 13.3 Å². The summed E-state index contributed by atoms with van der Waals surface area (Å²) in [5.74, 6) is 0.601. The maximum Gasteiger partial charge on any atom is 0.265 e. The molecular formula is C17H22N2O2S. The average Bonchev–Trinajstić information content (AvgIpc) is 2.97. The lowest BCUT2D eigenvalue weighted by Crippen LogP contribution is -2.26. The zero-order valence-electron chi connectivity index (χ0n) is 13.0. The molecule has 5 heteroatoms. The Bertz CT molecular complexity index is 596. The molecule has 0 radical (unpaired) electrons. The molecule has 4 nitrogen and oxygen atoms in total. The number of nitrogens with one attached hydrogen (secondary N) is 2. The van der Waals surface area contributed by atoms with Gasteiger partial charge in [-0.15, -0.1) is 11.3 Å². The Morgan fingerprint density at radius 1 is 1.23 bits per heavy atom. The fourth-order valence-electron chi connectivity index (χ4n) is 2.09. The van der Waals surface area contributed by atoms with Crippen molar-refractivity contribution in [1.29, 1.82) is 0 Å². The van der Waals surface area contributed by atoms with Crippen molar-refractivity contribution < 1.29 is 9.53 Å². The van der Waals surface area contributed by atoms with Crippen LogP contribution in [0.15, 0.2) is 36.4 Å². The first kappa shape index (κ1) is 16.5. The predicted octanol–water partition coefficient (Wildman–Crippen LogP) is 3.15. The molecule has 22 heavy (non-hydrogen) atoms. The lowest BCUT2D eigenvalue weighted by molar-refractivity contribution is 0.0954. The second-order valence-corrected chi connectivity index (χ2v) is 5.87. The van der Waals surface area contributed by atoms with Crippen molar-refractivity contribution in [2.75, 3.05) is 26.7 Å². The standard InChI is InChI=1S/C17H22N2O2S/c1-3-21-14-12-15(13-8-5-4-6-9-13)22-16(14)17(20)19-11-7-10-18-2/h4-6,8-9,12,18H,3,7,10-11H2,1-2H3,(H,19,20). The monoisotopic (exact) mass is 318 g/mol. The van der Waals surface area contributed by atoms with Crippen LogP contribution in [0.2, 0.25) is 0 Å². The number of amides is 1. The van der Waals surface area contributed by atoms with E-state index < -0.39 is 0 Å². The number of thiophene rings is 1. The normalized spacial score (nSPS) is 10.5. The first-order chi connectivity index (χ1) is 10.8. The van der Waals surface area contributed by atoms with Gasteiger partial charge < -0.3 is 15.4 Å². The van der Waals surface area contributed by atoms with Crippen LogP contribution in [0.25, 0.3) is 10.4 Å². The van der Waals surface area contributed by atoms with Crippen molar-refractivity contribution in [2.24, 2.45) is 0 Å². The number of hydrogen-bond donors (Lipinski definition) is 2. The molecule has 0 aliphatic heterocycles. The van der Waals surface area contributed by atoms with Crippen molar-refractivity contribution in [3.8, 4) is 16.2 Å². The Labute approximate surface area is 135 Å². The van der Waals surface area contributed by atoms with E-state index in [1.54, 1.807) is 0 Å². The van der Waals surface area contributed by atoms with Crippen LogP contribution in [0.5, 0.6) is 5.75 Å². The quantitative estimate of drug-likeness (QED) is 0.735. The molecule has 0 atom stereocenters. The largest absolute Gasteiger partial charge is 0.492 e. The molecule has 0 saturated heterocycles. The zero-order chi connectivity index (χ0) is 15.8. The minimum atomic E-state index is -0.0632. The summed E-state index contributed by atoms with van der Waals surface area (Å²) in [4.78, 5) is 14.0. The highest BCUT2D eigenvalue weighted by atomic mass is 32.1. The topological polar surface area (TPSA) is 50.4 Å². The van der Waals surface area contributed by atoms with E-state index in [-0.39, 0.29) is 5.91 Å². The Balaban J connectivity index is 2.15. The van der Waals surface area contributed by atoms with Crippen molar-refractivity contribution in [1.82, 2.24) is 10.6 Å². The summed E-state index contributed by atoms with van der Waals surface area (Å²) in [5.41, 5.74) is 1.10. The minimum absolute atomic E-state index is 0.0632. The van der Waals surface area contributed by atoms with Crippen LogP contribution in [0.3, 0.4) is 0 Å². The molecule has 1 heterocycles. The second kappa shape index (κ2) is 8.56. The molecule has 0 aliphatic rings. The highest BCUT2D eigenvalue weighted by Gasteiger charge is 2.17. The van der Waals surface area contributed by atoms with E-state index in [9.17, 15) is 4.79 Å². The maximum atomic E-state index is 12.3. The van der Waals surface area contributed by atoms with Gasteiger partial charge in [-0.25, -0.2) is 0 Å². The van der Waals surface area contributed by atoms with Gasteiger partial charge in [0.2, 0.25) is 0 Å². The predicted molar refractivity (Wildman–Crippen MR) is 91.8 cm³/mol. The van der Waals surface area contributed by atoms with Gasteiger partial charge in [0.15, 0.2) is 0 Å². The molecule has 0 bridgehead atoms. The minimum Gasteiger partial charge on any atom is -0.492 e. The molecule has 0 spiro atoms. The van der Waals surface area contributed by atoms with Crippen LogP contribution in [-0.2, 0) is 0 Å². The van der Waals surface area contributed by atoms with Gasteiger partial charge in [-0.2, -0.15) is 0 Å².